The maximum absolute atomic E-state index is 13.7. The number of nitrogens with zero attached hydrogens (tertiary/aromatic N) is 2. The Kier molecular flexibility index (Phi) is 10.0. The quantitative estimate of drug-likeness (QED) is 0.263. The molecule has 0 bridgehead atoms. The average molecular weight is 537 g/mol. The molecule has 0 spiro atoms. The molecule has 1 aliphatic heterocycles. The highest BCUT2D eigenvalue weighted by molar-refractivity contribution is 7.13. The minimum Gasteiger partial charge on any atom is -0.391 e. The van der Waals surface area contributed by atoms with Gasteiger partial charge in [-0.25, -0.2) is 4.98 Å². The summed E-state index contributed by atoms with van der Waals surface area (Å²) in [5.41, 5.74) is 6.25. The second kappa shape index (κ2) is 13.4. The Bertz CT molecular complexity index is 1150. The van der Waals surface area contributed by atoms with Crippen LogP contribution in [0, 0.1) is 12.8 Å². The van der Waals surface area contributed by atoms with Gasteiger partial charge in [0.05, 0.1) is 34.3 Å². The van der Waals surface area contributed by atoms with Gasteiger partial charge in [-0.15, -0.1) is 11.3 Å². The maximum Gasteiger partial charge on any atom is 0.240 e. The summed E-state index contributed by atoms with van der Waals surface area (Å²) in [6, 6.07) is 17.6. The van der Waals surface area contributed by atoms with E-state index in [2.05, 4.69) is 53.7 Å². The fourth-order valence-electron chi connectivity index (χ4n) is 5.07. The van der Waals surface area contributed by atoms with Crippen LogP contribution in [0.2, 0.25) is 0 Å². The molecule has 4 rings (SSSR count). The monoisotopic (exact) mass is 536 g/mol. The molecular weight excluding hydrogens is 496 g/mol. The highest BCUT2D eigenvalue weighted by Crippen LogP contribution is 2.27. The summed E-state index contributed by atoms with van der Waals surface area (Å²) in [6.45, 7) is 7.54. The van der Waals surface area contributed by atoms with E-state index in [1.54, 1.807) is 16.2 Å². The van der Waals surface area contributed by atoms with Crippen LogP contribution in [0.5, 0.6) is 0 Å². The molecule has 1 fully saturated rings. The number of nitrogens with one attached hydrogen (secondary N) is 2. The molecule has 1 saturated heterocycles. The number of hydrogen-bond acceptors (Lipinski definition) is 7. The number of hydrogen-bond donors (Lipinski definition) is 4. The zero-order valence-corrected chi connectivity index (χ0v) is 23.3. The summed E-state index contributed by atoms with van der Waals surface area (Å²) in [7, 11) is 0. The van der Waals surface area contributed by atoms with Crippen LogP contribution in [0.1, 0.15) is 43.5 Å². The number of rotatable bonds is 12. The van der Waals surface area contributed by atoms with E-state index in [4.69, 9.17) is 0 Å². The predicted molar refractivity (Wildman–Crippen MR) is 153 cm³/mol. The van der Waals surface area contributed by atoms with Crippen LogP contribution < -0.4 is 10.6 Å². The molecule has 1 unspecified atom stereocenters. The molecule has 8 heteroatoms. The van der Waals surface area contributed by atoms with Crippen molar-refractivity contribution in [3.05, 3.63) is 76.9 Å². The number of aryl methyl sites for hydroxylation is 1. The van der Waals surface area contributed by atoms with E-state index in [0.717, 1.165) is 34.5 Å². The van der Waals surface area contributed by atoms with Gasteiger partial charge in [0.2, 0.25) is 5.91 Å². The number of amides is 1. The van der Waals surface area contributed by atoms with Gasteiger partial charge in [-0.1, -0.05) is 74.9 Å². The Morgan fingerprint density at radius 2 is 1.87 bits per heavy atom. The van der Waals surface area contributed by atoms with Gasteiger partial charge in [-0.05, 0) is 48.9 Å². The summed E-state index contributed by atoms with van der Waals surface area (Å²) in [4.78, 5) is 20.9. The summed E-state index contributed by atoms with van der Waals surface area (Å²) in [5, 5.41) is 28.1. The molecule has 2 heterocycles. The topological polar surface area (TPSA) is 97.7 Å². The molecule has 1 aliphatic rings. The van der Waals surface area contributed by atoms with Crippen LogP contribution in [0.4, 0.5) is 0 Å². The fourth-order valence-corrected chi connectivity index (χ4v) is 5.88. The summed E-state index contributed by atoms with van der Waals surface area (Å²) in [6.07, 6.45) is 0.443. The molecule has 0 aliphatic carbocycles. The molecule has 204 valence electrons. The molecule has 0 radical (unpaired) electrons. The highest BCUT2D eigenvalue weighted by Gasteiger charge is 2.41. The van der Waals surface area contributed by atoms with Gasteiger partial charge in [-0.3, -0.25) is 10.1 Å². The molecule has 5 atom stereocenters. The molecule has 7 nitrogen and oxygen atoms in total. The first-order chi connectivity index (χ1) is 18.4. The van der Waals surface area contributed by atoms with Crippen LogP contribution in [0.15, 0.2) is 60.1 Å². The molecule has 0 saturated carbocycles. The second-order valence-corrected chi connectivity index (χ2v) is 11.1. The number of carbonyl (C=O) groups is 1. The lowest BCUT2D eigenvalue weighted by molar-refractivity contribution is -0.138. The van der Waals surface area contributed by atoms with Crippen molar-refractivity contribution < 1.29 is 15.0 Å². The van der Waals surface area contributed by atoms with Crippen molar-refractivity contribution in [3.63, 3.8) is 0 Å². The predicted octanol–water partition coefficient (Wildman–Crippen LogP) is 3.74. The molecule has 38 heavy (non-hydrogen) atoms. The first-order valence-corrected chi connectivity index (χ1v) is 14.4. The third-order valence-electron chi connectivity index (χ3n) is 7.55. The third-order valence-corrected chi connectivity index (χ3v) is 8.52. The zero-order valence-electron chi connectivity index (χ0n) is 22.5. The van der Waals surface area contributed by atoms with E-state index in [9.17, 15) is 15.0 Å². The van der Waals surface area contributed by atoms with Gasteiger partial charge in [0, 0.05) is 13.1 Å². The summed E-state index contributed by atoms with van der Waals surface area (Å²) < 4.78 is 0. The molecular formula is C30H40N4O3S. The number of β-amino-alcohol motifs (C(OH)–C–C–N with tert-alkyl or cyclic N) is 1. The number of thiazole rings is 1. The third kappa shape index (κ3) is 7.07. The van der Waals surface area contributed by atoms with Crippen LogP contribution in [0.3, 0.4) is 0 Å². The molecule has 3 aromatic rings. The van der Waals surface area contributed by atoms with Gasteiger partial charge in [-0.2, -0.15) is 0 Å². The Balaban J connectivity index is 1.36. The Morgan fingerprint density at radius 1 is 1.13 bits per heavy atom. The van der Waals surface area contributed by atoms with Crippen molar-refractivity contribution in [1.29, 1.82) is 0 Å². The number of carbonyl (C=O) groups excluding carboxylic acids is 1. The van der Waals surface area contributed by atoms with E-state index in [0.29, 0.717) is 19.5 Å². The van der Waals surface area contributed by atoms with Crippen molar-refractivity contribution in [2.24, 2.45) is 5.92 Å². The van der Waals surface area contributed by atoms with Crippen molar-refractivity contribution in [2.75, 3.05) is 13.1 Å². The van der Waals surface area contributed by atoms with Crippen molar-refractivity contribution in [3.8, 4) is 10.4 Å². The van der Waals surface area contributed by atoms with E-state index in [1.165, 1.54) is 5.56 Å². The van der Waals surface area contributed by atoms with Crippen LogP contribution in [-0.4, -0.2) is 63.5 Å². The van der Waals surface area contributed by atoms with Gasteiger partial charge in [0.15, 0.2) is 0 Å². The van der Waals surface area contributed by atoms with E-state index < -0.39 is 18.4 Å². The highest BCUT2D eigenvalue weighted by atomic mass is 32.1. The lowest BCUT2D eigenvalue weighted by Gasteiger charge is -2.34. The Hall–Kier alpha value is -2.62. The summed E-state index contributed by atoms with van der Waals surface area (Å²) in [5.74, 6) is 0.0709. The van der Waals surface area contributed by atoms with E-state index >= 15 is 0 Å². The number of benzene rings is 2. The normalized spacial score (nSPS) is 19.9. The summed E-state index contributed by atoms with van der Waals surface area (Å²) >= 11 is 1.62. The first-order valence-electron chi connectivity index (χ1n) is 13.5. The van der Waals surface area contributed by atoms with Crippen LogP contribution in [-0.2, 0) is 17.8 Å². The van der Waals surface area contributed by atoms with Crippen molar-refractivity contribution in [2.45, 2.75) is 71.0 Å². The van der Waals surface area contributed by atoms with Gasteiger partial charge >= 0.3 is 0 Å². The second-order valence-electron chi connectivity index (χ2n) is 10.3. The molecule has 1 aromatic heterocycles. The van der Waals surface area contributed by atoms with Crippen LogP contribution in [0.25, 0.3) is 10.4 Å². The van der Waals surface area contributed by atoms with Crippen molar-refractivity contribution >= 4 is 17.2 Å². The number of aliphatic hydroxyl groups excluding tert-OH is 2. The Morgan fingerprint density at radius 3 is 2.53 bits per heavy atom. The Labute approximate surface area is 229 Å². The minimum atomic E-state index is -0.943. The largest absolute Gasteiger partial charge is 0.391 e. The SMILES string of the molecule is CC[C@H](C)[C@H](NCCc1ccccc1)C(=O)N1C[C@H](O)C[C@H]1C(O)NCc1ccc(-c2scnc2C)cc1. The maximum atomic E-state index is 13.7. The fraction of sp³-hybridized carbons (Fsp3) is 0.467. The van der Waals surface area contributed by atoms with E-state index in [1.807, 2.05) is 42.8 Å². The van der Waals surface area contributed by atoms with E-state index in [-0.39, 0.29) is 24.4 Å². The van der Waals surface area contributed by atoms with Crippen molar-refractivity contribution in [1.82, 2.24) is 20.5 Å². The molecule has 4 N–H and O–H groups in total. The minimum absolute atomic E-state index is 0.0564. The van der Waals surface area contributed by atoms with Gasteiger partial charge < -0.3 is 20.4 Å². The number of aromatic nitrogens is 1. The van der Waals surface area contributed by atoms with Crippen LogP contribution >= 0.6 is 11.3 Å². The lowest BCUT2D eigenvalue weighted by atomic mass is 9.97. The standard InChI is InChI=1S/C30H40N4O3S/c1-4-20(2)27(31-15-14-22-8-6-5-7-9-22)30(37)34-18-25(35)16-26(34)29(36)32-17-23-10-12-24(13-11-23)28-21(3)33-19-38-28/h5-13,19-20,25-27,29,31-32,35-36H,4,14-18H2,1-3H3/t20-,25+,26-,27-,29?/m0/s1. The molecule has 1 amide bonds. The lowest BCUT2D eigenvalue weighted by Crippen LogP contribution is -2.56. The zero-order chi connectivity index (χ0) is 27.1. The van der Waals surface area contributed by atoms with Gasteiger partial charge in [0.25, 0.3) is 0 Å². The van der Waals surface area contributed by atoms with Gasteiger partial charge in [0.1, 0.15) is 6.23 Å². The first kappa shape index (κ1) is 28.4. The smallest absolute Gasteiger partial charge is 0.240 e. The average Bonchev–Trinajstić information content (AvgIpc) is 3.55. The molecule has 2 aromatic carbocycles. The number of likely N-dealkylation sites (tertiary alicyclic amines) is 1. The number of aliphatic hydroxyl groups is 2.